The van der Waals surface area contributed by atoms with E-state index < -0.39 is 0 Å². The monoisotopic (exact) mass is 431 g/mol. The number of hydrogen-bond acceptors (Lipinski definition) is 4. The number of rotatable bonds is 5. The Morgan fingerprint density at radius 1 is 1.16 bits per heavy atom. The summed E-state index contributed by atoms with van der Waals surface area (Å²) in [6.07, 6.45) is 6.09. The van der Waals surface area contributed by atoms with Gasteiger partial charge in [0, 0.05) is 55.0 Å². The second-order valence-corrected chi connectivity index (χ2v) is 8.80. The van der Waals surface area contributed by atoms with E-state index in [2.05, 4.69) is 52.9 Å². The smallest absolute Gasteiger partial charge is 0.228 e. The molecule has 0 spiro atoms. The third-order valence-electron chi connectivity index (χ3n) is 6.68. The third-order valence-corrected chi connectivity index (χ3v) is 6.68. The van der Waals surface area contributed by atoms with E-state index in [9.17, 15) is 9.90 Å². The van der Waals surface area contributed by atoms with Crippen LogP contribution < -0.4 is 0 Å². The molecule has 0 saturated carbocycles. The number of carbonyl (C=O) groups excluding carboxylic acids is 1. The molecule has 1 N–H and O–H groups in total. The highest BCUT2D eigenvalue weighted by atomic mass is 16.3. The van der Waals surface area contributed by atoms with Crippen LogP contribution in [0.3, 0.4) is 0 Å². The molecule has 168 valence electrons. The molecule has 0 radical (unpaired) electrons. The number of aliphatic hydroxyl groups is 1. The van der Waals surface area contributed by atoms with Crippen LogP contribution in [0.1, 0.15) is 55.3 Å². The summed E-state index contributed by atoms with van der Waals surface area (Å²) in [7, 11) is 0. The molecule has 0 bridgehead atoms. The molecule has 32 heavy (non-hydrogen) atoms. The van der Waals surface area contributed by atoms with Gasteiger partial charge in [0.05, 0.1) is 13.0 Å². The van der Waals surface area contributed by atoms with Gasteiger partial charge in [-0.05, 0) is 55.6 Å². The molecule has 3 atom stereocenters. The van der Waals surface area contributed by atoms with Gasteiger partial charge in [-0.3, -0.25) is 14.7 Å². The van der Waals surface area contributed by atoms with Crippen molar-refractivity contribution in [1.29, 1.82) is 0 Å². The number of hydrogen-bond donors (Lipinski definition) is 1. The Kier molecular flexibility index (Phi) is 7.57. The summed E-state index contributed by atoms with van der Waals surface area (Å²) < 4.78 is 0. The number of pyridine rings is 1. The van der Waals surface area contributed by atoms with Crippen LogP contribution in [-0.2, 0) is 11.2 Å². The van der Waals surface area contributed by atoms with Gasteiger partial charge in [0.2, 0.25) is 5.91 Å². The van der Waals surface area contributed by atoms with E-state index in [0.717, 1.165) is 50.0 Å². The summed E-state index contributed by atoms with van der Waals surface area (Å²) >= 11 is 0. The first-order valence-electron chi connectivity index (χ1n) is 11.8. The molecule has 4 rings (SSSR count). The lowest BCUT2D eigenvalue weighted by molar-refractivity contribution is -0.135. The van der Waals surface area contributed by atoms with E-state index in [1.54, 1.807) is 6.20 Å². The second-order valence-electron chi connectivity index (χ2n) is 8.80. The zero-order chi connectivity index (χ0) is 22.3. The van der Waals surface area contributed by atoms with Gasteiger partial charge in [-0.25, -0.2) is 0 Å². The SMILES string of the molecule is CCCC#Cc1ccc([C@@H]2[C@@H](CO)N3CCCCN(C(=O)Cc4ccccn4)C[C@H]23)cc1. The minimum Gasteiger partial charge on any atom is -0.395 e. The normalized spacial score (nSPS) is 23.2. The van der Waals surface area contributed by atoms with E-state index in [0.29, 0.717) is 13.0 Å². The van der Waals surface area contributed by atoms with E-state index in [-0.39, 0.29) is 30.5 Å². The quantitative estimate of drug-likeness (QED) is 0.739. The Hall–Kier alpha value is -2.68. The van der Waals surface area contributed by atoms with E-state index in [4.69, 9.17) is 0 Å². The Bertz CT molecular complexity index is 948. The lowest BCUT2D eigenvalue weighted by Gasteiger charge is -2.57. The number of aromatic nitrogens is 1. The number of carbonyl (C=O) groups is 1. The summed E-state index contributed by atoms with van der Waals surface area (Å²) in [5.41, 5.74) is 3.07. The number of fused-ring (bicyclic) bond motifs is 1. The minimum atomic E-state index is 0.114. The maximum Gasteiger partial charge on any atom is 0.228 e. The molecule has 2 fully saturated rings. The highest BCUT2D eigenvalue weighted by molar-refractivity contribution is 5.78. The molecule has 1 aromatic heterocycles. The molecular formula is C27H33N3O2. The molecule has 0 unspecified atom stereocenters. The summed E-state index contributed by atoms with van der Waals surface area (Å²) in [4.78, 5) is 21.8. The maximum absolute atomic E-state index is 13.1. The molecule has 2 aromatic rings. The fraction of sp³-hybridized carbons (Fsp3) is 0.481. The van der Waals surface area contributed by atoms with Gasteiger partial charge in [0.1, 0.15) is 0 Å². The average Bonchev–Trinajstić information content (AvgIpc) is 2.80. The summed E-state index contributed by atoms with van der Waals surface area (Å²) in [5, 5.41) is 10.1. The van der Waals surface area contributed by atoms with Crippen LogP contribution in [0.25, 0.3) is 0 Å². The van der Waals surface area contributed by atoms with Gasteiger partial charge in [-0.15, -0.1) is 0 Å². The molecule has 1 amide bonds. The Morgan fingerprint density at radius 3 is 2.69 bits per heavy atom. The number of aliphatic hydroxyl groups excluding tert-OH is 1. The number of nitrogens with zero attached hydrogens (tertiary/aromatic N) is 3. The summed E-state index contributed by atoms with van der Waals surface area (Å²) in [6.45, 7) is 4.74. The van der Waals surface area contributed by atoms with Crippen LogP contribution in [0, 0.1) is 11.8 Å². The van der Waals surface area contributed by atoms with Crippen molar-refractivity contribution in [1.82, 2.24) is 14.8 Å². The van der Waals surface area contributed by atoms with Crippen molar-refractivity contribution in [2.24, 2.45) is 0 Å². The molecular weight excluding hydrogens is 398 g/mol. The number of unbranched alkanes of at least 4 members (excludes halogenated alkanes) is 1. The average molecular weight is 432 g/mol. The largest absolute Gasteiger partial charge is 0.395 e. The van der Waals surface area contributed by atoms with E-state index >= 15 is 0 Å². The molecule has 1 aromatic carbocycles. The van der Waals surface area contributed by atoms with Crippen molar-refractivity contribution in [3.8, 4) is 11.8 Å². The highest BCUT2D eigenvalue weighted by Crippen LogP contribution is 2.42. The van der Waals surface area contributed by atoms with Gasteiger partial charge in [-0.1, -0.05) is 37.0 Å². The Morgan fingerprint density at radius 2 is 1.97 bits per heavy atom. The lowest BCUT2D eigenvalue weighted by atomic mass is 9.74. The van der Waals surface area contributed by atoms with Crippen molar-refractivity contribution in [2.45, 2.75) is 57.0 Å². The van der Waals surface area contributed by atoms with Crippen molar-refractivity contribution in [2.75, 3.05) is 26.2 Å². The van der Waals surface area contributed by atoms with E-state index in [1.807, 2.05) is 23.1 Å². The van der Waals surface area contributed by atoms with Gasteiger partial charge in [0.15, 0.2) is 0 Å². The standard InChI is InChI=1S/C27H33N3O2/c1-2-3-4-9-21-11-13-22(14-12-21)27-24-19-29(16-7-8-17-30(24)25(27)20-31)26(32)18-23-10-5-6-15-28-23/h5-6,10-15,24-25,27,31H,2-3,7-8,16-20H2,1H3/t24-,25-,27+/m1/s1. The predicted molar refractivity (Wildman–Crippen MR) is 126 cm³/mol. The maximum atomic E-state index is 13.1. The molecule has 2 saturated heterocycles. The van der Waals surface area contributed by atoms with Crippen LogP contribution in [0.5, 0.6) is 0 Å². The fourth-order valence-corrected chi connectivity index (χ4v) is 5.01. The fourth-order valence-electron chi connectivity index (χ4n) is 5.01. The van der Waals surface area contributed by atoms with Crippen molar-refractivity contribution >= 4 is 5.91 Å². The Balaban J connectivity index is 1.50. The topological polar surface area (TPSA) is 56.7 Å². The Labute approximate surface area is 191 Å². The van der Waals surface area contributed by atoms with Crippen molar-refractivity contribution < 1.29 is 9.90 Å². The first-order valence-corrected chi connectivity index (χ1v) is 11.8. The van der Waals surface area contributed by atoms with Crippen LogP contribution in [-0.4, -0.2) is 64.1 Å². The number of benzene rings is 1. The van der Waals surface area contributed by atoms with Crippen molar-refractivity contribution in [3.63, 3.8) is 0 Å². The highest BCUT2D eigenvalue weighted by Gasteiger charge is 2.49. The molecule has 0 aliphatic carbocycles. The summed E-state index contributed by atoms with van der Waals surface area (Å²) in [5.74, 6) is 6.78. The molecule has 5 heteroatoms. The van der Waals surface area contributed by atoms with Gasteiger partial charge < -0.3 is 10.0 Å². The van der Waals surface area contributed by atoms with Crippen LogP contribution in [0.2, 0.25) is 0 Å². The van der Waals surface area contributed by atoms with Crippen LogP contribution >= 0.6 is 0 Å². The van der Waals surface area contributed by atoms with Crippen LogP contribution in [0.4, 0.5) is 0 Å². The third kappa shape index (κ3) is 5.03. The molecule has 2 aliphatic rings. The van der Waals surface area contributed by atoms with E-state index in [1.165, 1.54) is 5.56 Å². The van der Waals surface area contributed by atoms with Crippen molar-refractivity contribution in [3.05, 3.63) is 65.5 Å². The zero-order valence-electron chi connectivity index (χ0n) is 18.9. The van der Waals surface area contributed by atoms with Gasteiger partial charge in [-0.2, -0.15) is 0 Å². The molecule has 5 nitrogen and oxygen atoms in total. The lowest BCUT2D eigenvalue weighted by Crippen LogP contribution is -2.68. The second kappa shape index (κ2) is 10.8. The van der Waals surface area contributed by atoms with Gasteiger partial charge >= 0.3 is 0 Å². The number of amides is 1. The first-order chi connectivity index (χ1) is 15.7. The van der Waals surface area contributed by atoms with Gasteiger partial charge in [0.25, 0.3) is 0 Å². The predicted octanol–water partition coefficient (Wildman–Crippen LogP) is 3.23. The zero-order valence-corrected chi connectivity index (χ0v) is 18.9. The van der Waals surface area contributed by atoms with Crippen LogP contribution in [0.15, 0.2) is 48.7 Å². The summed E-state index contributed by atoms with van der Waals surface area (Å²) in [6, 6.07) is 14.5. The first kappa shape index (κ1) is 22.5. The molecule has 3 heterocycles. The minimum absolute atomic E-state index is 0.114. The molecule has 2 aliphatic heterocycles.